The molecule has 0 radical (unpaired) electrons. The van der Waals surface area contributed by atoms with Crippen molar-refractivity contribution in [2.24, 2.45) is 0 Å². The zero-order valence-electron chi connectivity index (χ0n) is 17.1. The summed E-state index contributed by atoms with van der Waals surface area (Å²) in [5.41, 5.74) is 1.77. The van der Waals surface area contributed by atoms with Gasteiger partial charge in [0, 0.05) is 25.5 Å². The van der Waals surface area contributed by atoms with Gasteiger partial charge >= 0.3 is 6.18 Å². The first kappa shape index (κ1) is 20.9. The zero-order valence-corrected chi connectivity index (χ0v) is 17.1. The van der Waals surface area contributed by atoms with Crippen molar-refractivity contribution in [1.82, 2.24) is 29.9 Å². The first-order valence-electron chi connectivity index (χ1n) is 10.1. The number of anilines is 2. The number of aromatic amines is 1. The van der Waals surface area contributed by atoms with Crippen LogP contribution in [0.1, 0.15) is 16.6 Å². The maximum Gasteiger partial charge on any atom is 0.401 e. The number of amides is 1. The first-order chi connectivity index (χ1) is 15.9. The smallest absolute Gasteiger partial charge is 0.401 e. The molecule has 4 aromatic rings. The topological polar surface area (TPSA) is 96.1 Å². The number of alkyl halides is 3. The van der Waals surface area contributed by atoms with E-state index in [4.69, 9.17) is 4.42 Å². The molecule has 0 bridgehead atoms. The molecular weight excluding hydrogens is 439 g/mol. The number of nitrogens with zero attached hydrogens (tertiary/aromatic N) is 6. The normalized spacial score (nSPS) is 14.9. The van der Waals surface area contributed by atoms with Crippen LogP contribution in [0, 0.1) is 0 Å². The number of nitrogens with one attached hydrogen (secondary N) is 1. The summed E-state index contributed by atoms with van der Waals surface area (Å²) in [6.45, 7) is -0.580. The lowest BCUT2D eigenvalue weighted by molar-refractivity contribution is -0.157. The van der Waals surface area contributed by atoms with Crippen LogP contribution in [-0.2, 0) is 0 Å². The summed E-state index contributed by atoms with van der Waals surface area (Å²) in [5.74, 6) is -0.346. The van der Waals surface area contributed by atoms with E-state index in [0.717, 1.165) is 0 Å². The van der Waals surface area contributed by atoms with Gasteiger partial charge in [-0.05, 0) is 24.3 Å². The van der Waals surface area contributed by atoms with Crippen molar-refractivity contribution < 1.29 is 22.4 Å². The van der Waals surface area contributed by atoms with Crippen molar-refractivity contribution in [1.29, 1.82) is 0 Å². The number of hydrogen-bond donors (Lipinski definition) is 1. The van der Waals surface area contributed by atoms with Crippen LogP contribution in [0.4, 0.5) is 24.5 Å². The second-order valence-electron chi connectivity index (χ2n) is 7.60. The molecule has 1 N–H and O–H groups in total. The van der Waals surface area contributed by atoms with Gasteiger partial charge < -0.3 is 4.42 Å². The lowest BCUT2D eigenvalue weighted by Crippen LogP contribution is -2.51. The predicted octanol–water partition coefficient (Wildman–Crippen LogP) is 3.66. The highest BCUT2D eigenvalue weighted by molar-refractivity contribution is 6.10. The summed E-state index contributed by atoms with van der Waals surface area (Å²) in [7, 11) is 0. The molecule has 12 heteroatoms. The molecule has 0 atom stereocenters. The van der Waals surface area contributed by atoms with Crippen LogP contribution in [0.25, 0.3) is 11.4 Å². The Balaban J connectivity index is 1.54. The molecule has 1 amide bonds. The highest BCUT2D eigenvalue weighted by atomic mass is 19.4. The standard InChI is InChI=1S/C21H18F3N7O2/c22-21(23,24)13-29-10-15(11-29)30-12-17(19(28-30)16-4-1-2-6-25-16)31(14-8-26-27-9-14)20(32)18-5-3-7-33-18/h1-9,12,15H,10-11,13H2,(H,26,27). The molecule has 0 unspecified atom stereocenters. The number of aromatic nitrogens is 5. The van der Waals surface area contributed by atoms with Crippen LogP contribution in [0.3, 0.4) is 0 Å². The van der Waals surface area contributed by atoms with Gasteiger partial charge in [0.2, 0.25) is 0 Å². The van der Waals surface area contributed by atoms with Crippen molar-refractivity contribution in [2.45, 2.75) is 12.2 Å². The number of hydrogen-bond acceptors (Lipinski definition) is 6. The number of halogens is 3. The van der Waals surface area contributed by atoms with Crippen LogP contribution in [-0.4, -0.2) is 61.6 Å². The first-order valence-corrected chi connectivity index (χ1v) is 10.1. The van der Waals surface area contributed by atoms with Gasteiger partial charge in [-0.3, -0.25) is 29.4 Å². The summed E-state index contributed by atoms with van der Waals surface area (Å²) in [6, 6.07) is 8.17. The van der Waals surface area contributed by atoms with Crippen molar-refractivity contribution in [3.05, 3.63) is 67.1 Å². The monoisotopic (exact) mass is 457 g/mol. The van der Waals surface area contributed by atoms with E-state index in [1.165, 1.54) is 22.3 Å². The molecule has 9 nitrogen and oxygen atoms in total. The van der Waals surface area contributed by atoms with E-state index in [0.29, 0.717) is 22.8 Å². The van der Waals surface area contributed by atoms with Gasteiger partial charge in [-0.15, -0.1) is 0 Å². The molecule has 5 heterocycles. The van der Waals surface area contributed by atoms with Gasteiger partial charge in [-0.2, -0.15) is 23.4 Å². The van der Waals surface area contributed by atoms with E-state index >= 15 is 0 Å². The summed E-state index contributed by atoms with van der Waals surface area (Å²) in [4.78, 5) is 20.4. The summed E-state index contributed by atoms with van der Waals surface area (Å²) >= 11 is 0. The molecule has 0 spiro atoms. The molecule has 170 valence electrons. The molecular formula is C21H18F3N7O2. The van der Waals surface area contributed by atoms with E-state index in [1.807, 2.05) is 0 Å². The van der Waals surface area contributed by atoms with Crippen molar-refractivity contribution in [3.8, 4) is 11.4 Å². The minimum Gasteiger partial charge on any atom is -0.459 e. The molecule has 4 aromatic heterocycles. The lowest BCUT2D eigenvalue weighted by Gasteiger charge is -2.39. The molecule has 1 aliphatic rings. The Hall–Kier alpha value is -3.93. The third-order valence-corrected chi connectivity index (χ3v) is 5.25. The fourth-order valence-corrected chi connectivity index (χ4v) is 3.75. The third-order valence-electron chi connectivity index (χ3n) is 5.25. The van der Waals surface area contributed by atoms with Crippen LogP contribution < -0.4 is 4.90 Å². The molecule has 33 heavy (non-hydrogen) atoms. The average molecular weight is 457 g/mol. The van der Waals surface area contributed by atoms with Crippen molar-refractivity contribution in [2.75, 3.05) is 24.5 Å². The summed E-state index contributed by atoms with van der Waals surface area (Å²) < 4.78 is 45.0. The number of carbonyl (C=O) groups is 1. The molecule has 1 aliphatic heterocycles. The van der Waals surface area contributed by atoms with E-state index in [2.05, 4.69) is 20.3 Å². The number of likely N-dealkylation sites (tertiary alicyclic amines) is 1. The fraction of sp³-hybridized carbons (Fsp3) is 0.238. The minimum absolute atomic E-state index is 0.107. The quantitative estimate of drug-likeness (QED) is 0.475. The average Bonchev–Trinajstić information content (AvgIpc) is 3.52. The number of carbonyl (C=O) groups excluding carboxylic acids is 1. The largest absolute Gasteiger partial charge is 0.459 e. The molecule has 5 rings (SSSR count). The molecule has 0 aliphatic carbocycles. The van der Waals surface area contributed by atoms with E-state index in [9.17, 15) is 18.0 Å². The van der Waals surface area contributed by atoms with E-state index in [-0.39, 0.29) is 24.9 Å². The molecule has 0 aromatic carbocycles. The van der Waals surface area contributed by atoms with E-state index < -0.39 is 18.6 Å². The fourth-order valence-electron chi connectivity index (χ4n) is 3.75. The Morgan fingerprint density at radius 2 is 2.09 bits per heavy atom. The summed E-state index contributed by atoms with van der Waals surface area (Å²) in [5, 5.41) is 11.2. The lowest BCUT2D eigenvalue weighted by atomic mass is 10.1. The van der Waals surface area contributed by atoms with Crippen molar-refractivity contribution in [3.63, 3.8) is 0 Å². The molecule has 0 saturated carbocycles. The Bertz CT molecular complexity index is 1210. The van der Waals surface area contributed by atoms with Gasteiger partial charge in [0.1, 0.15) is 5.69 Å². The second kappa shape index (κ2) is 8.20. The molecule has 1 fully saturated rings. The van der Waals surface area contributed by atoms with Gasteiger partial charge in [0.05, 0.1) is 48.3 Å². The van der Waals surface area contributed by atoms with Crippen LogP contribution in [0.15, 0.2) is 65.8 Å². The Morgan fingerprint density at radius 1 is 1.24 bits per heavy atom. The Labute approximate surface area is 185 Å². The predicted molar refractivity (Wildman–Crippen MR) is 111 cm³/mol. The van der Waals surface area contributed by atoms with Crippen LogP contribution in [0.5, 0.6) is 0 Å². The van der Waals surface area contributed by atoms with E-state index in [1.54, 1.807) is 53.6 Å². The van der Waals surface area contributed by atoms with Gasteiger partial charge in [0.25, 0.3) is 5.91 Å². The SMILES string of the molecule is O=C(c1ccco1)N(c1cn[nH]c1)c1cn(C2CN(CC(F)(F)F)C2)nc1-c1ccccn1. The highest BCUT2D eigenvalue weighted by Gasteiger charge is 2.39. The number of pyridine rings is 1. The second-order valence-corrected chi connectivity index (χ2v) is 7.60. The third kappa shape index (κ3) is 4.24. The van der Waals surface area contributed by atoms with Gasteiger partial charge in [-0.1, -0.05) is 6.07 Å². The summed E-state index contributed by atoms with van der Waals surface area (Å²) in [6.07, 6.45) is 3.42. The highest BCUT2D eigenvalue weighted by Crippen LogP contribution is 2.37. The molecule has 1 saturated heterocycles. The van der Waals surface area contributed by atoms with Crippen LogP contribution >= 0.6 is 0 Å². The van der Waals surface area contributed by atoms with Gasteiger partial charge in [0.15, 0.2) is 5.76 Å². The number of rotatable bonds is 6. The van der Waals surface area contributed by atoms with Crippen LogP contribution in [0.2, 0.25) is 0 Å². The minimum atomic E-state index is -4.26. The zero-order chi connectivity index (χ0) is 23.0. The Morgan fingerprint density at radius 3 is 2.73 bits per heavy atom. The maximum atomic E-state index is 13.4. The van der Waals surface area contributed by atoms with Crippen molar-refractivity contribution >= 4 is 17.3 Å². The number of furan rings is 1. The maximum absolute atomic E-state index is 13.4. The Kier molecular flexibility index (Phi) is 5.21. The number of H-pyrrole nitrogens is 1. The van der Waals surface area contributed by atoms with Gasteiger partial charge in [-0.25, -0.2) is 0 Å².